The van der Waals surface area contributed by atoms with Crippen LogP contribution in [0.25, 0.3) is 6.08 Å². The van der Waals surface area contributed by atoms with Gasteiger partial charge in [-0.05, 0) is 74.8 Å². The van der Waals surface area contributed by atoms with Crippen LogP contribution >= 0.6 is 0 Å². The highest BCUT2D eigenvalue weighted by Gasteiger charge is 2.40. The summed E-state index contributed by atoms with van der Waals surface area (Å²) in [5, 5.41) is -0.0358. The first-order valence-corrected chi connectivity index (χ1v) is 18.8. The Bertz CT molecular complexity index is 1240. The SMILES string of the molecule is CCOCCOC/C=C/c1ccc(OCCOCC)c(O[Si](C)(C)C(C)(C)C)c1C#Cc1ccc(OCCOCC)c(OC)c1. The van der Waals surface area contributed by atoms with Gasteiger partial charge < -0.3 is 37.6 Å². The zero-order valence-corrected chi connectivity index (χ0v) is 29.9. The summed E-state index contributed by atoms with van der Waals surface area (Å²) in [6, 6.07) is 9.62. The third-order valence-corrected chi connectivity index (χ3v) is 11.6. The van der Waals surface area contributed by atoms with E-state index in [4.69, 9.17) is 37.6 Å². The molecule has 0 saturated heterocycles. The molecule has 0 aliphatic heterocycles. The van der Waals surface area contributed by atoms with Crippen molar-refractivity contribution in [1.29, 1.82) is 0 Å². The fourth-order valence-electron chi connectivity index (χ4n) is 3.77. The second kappa shape index (κ2) is 20.2. The van der Waals surface area contributed by atoms with Gasteiger partial charge in [0.25, 0.3) is 8.32 Å². The van der Waals surface area contributed by atoms with E-state index in [1.54, 1.807) is 7.11 Å². The van der Waals surface area contributed by atoms with E-state index in [0.717, 1.165) is 16.7 Å². The Balaban J connectivity index is 2.56. The van der Waals surface area contributed by atoms with Crippen LogP contribution in [0, 0.1) is 11.8 Å². The molecule has 0 atom stereocenters. The fourth-order valence-corrected chi connectivity index (χ4v) is 4.79. The Morgan fingerprint density at radius 2 is 1.29 bits per heavy atom. The molecule has 2 aromatic carbocycles. The molecule has 0 N–H and O–H groups in total. The highest BCUT2D eigenvalue weighted by atomic mass is 28.4. The summed E-state index contributed by atoms with van der Waals surface area (Å²) in [6.07, 6.45) is 4.00. The van der Waals surface area contributed by atoms with Crippen molar-refractivity contribution in [3.8, 4) is 34.8 Å². The predicted molar refractivity (Wildman–Crippen MR) is 184 cm³/mol. The maximum atomic E-state index is 6.95. The third kappa shape index (κ3) is 13.1. The Morgan fingerprint density at radius 3 is 1.89 bits per heavy atom. The molecular formula is C36H54O8Si. The summed E-state index contributed by atoms with van der Waals surface area (Å²) in [5.74, 6) is 9.29. The molecule has 0 heterocycles. The maximum Gasteiger partial charge on any atom is 0.250 e. The number of ether oxygens (including phenoxy) is 7. The van der Waals surface area contributed by atoms with E-state index in [-0.39, 0.29) is 5.04 Å². The van der Waals surface area contributed by atoms with E-state index >= 15 is 0 Å². The molecule has 0 amide bonds. The smallest absolute Gasteiger partial charge is 0.250 e. The standard InChI is InChI=1S/C36H54O8Si/c1-10-38-22-23-41-21-13-14-30-17-20-33(43-27-25-40-12-3)35(44-45(8,9)36(4,5)6)31(30)18-15-29-16-19-32(34(28-29)37-7)42-26-24-39-11-2/h13-14,16-17,19-20,28H,10-12,21-27H2,1-9H3/b14-13+. The number of rotatable bonds is 20. The molecule has 2 aromatic rings. The lowest BCUT2D eigenvalue weighted by atomic mass is 10.0. The lowest BCUT2D eigenvalue weighted by molar-refractivity contribution is 0.0645. The van der Waals surface area contributed by atoms with E-state index in [1.165, 1.54) is 0 Å². The van der Waals surface area contributed by atoms with Crippen molar-refractivity contribution in [2.24, 2.45) is 0 Å². The summed E-state index contributed by atoms with van der Waals surface area (Å²) in [5.41, 5.74) is 2.43. The Hall–Kier alpha value is -3.00. The van der Waals surface area contributed by atoms with Crippen molar-refractivity contribution >= 4 is 14.4 Å². The minimum atomic E-state index is -2.28. The van der Waals surface area contributed by atoms with Gasteiger partial charge in [-0.3, -0.25) is 0 Å². The first-order valence-electron chi connectivity index (χ1n) is 15.9. The van der Waals surface area contributed by atoms with Crippen LogP contribution in [0.2, 0.25) is 18.1 Å². The van der Waals surface area contributed by atoms with Crippen molar-refractivity contribution < 1.29 is 37.6 Å². The molecule has 0 bridgehead atoms. The number of hydrogen-bond donors (Lipinski definition) is 0. The average Bonchev–Trinajstić information content (AvgIpc) is 3.00. The van der Waals surface area contributed by atoms with Gasteiger partial charge in [0.15, 0.2) is 23.0 Å². The fraction of sp³-hybridized carbons (Fsp3) is 0.556. The summed E-state index contributed by atoms with van der Waals surface area (Å²) >= 11 is 0. The normalized spacial score (nSPS) is 11.8. The Morgan fingerprint density at radius 1 is 0.711 bits per heavy atom. The van der Waals surface area contributed by atoms with Gasteiger partial charge in [-0.15, -0.1) is 0 Å². The molecule has 250 valence electrons. The lowest BCUT2D eigenvalue weighted by Crippen LogP contribution is -2.44. The molecule has 0 unspecified atom stereocenters. The molecule has 0 aromatic heterocycles. The summed E-state index contributed by atoms with van der Waals surface area (Å²) < 4.78 is 46.6. The summed E-state index contributed by atoms with van der Waals surface area (Å²) in [6.45, 7) is 22.3. The molecule has 0 aliphatic carbocycles. The second-order valence-corrected chi connectivity index (χ2v) is 16.3. The Labute approximate surface area is 272 Å². The number of benzene rings is 2. The van der Waals surface area contributed by atoms with Gasteiger partial charge in [-0.2, -0.15) is 0 Å². The van der Waals surface area contributed by atoms with Crippen LogP contribution in [-0.2, 0) is 18.9 Å². The van der Waals surface area contributed by atoms with E-state index in [1.807, 2.05) is 63.3 Å². The van der Waals surface area contributed by atoms with E-state index in [9.17, 15) is 0 Å². The summed E-state index contributed by atoms with van der Waals surface area (Å²) in [4.78, 5) is 0. The first kappa shape index (κ1) is 38.2. The van der Waals surface area contributed by atoms with Crippen LogP contribution in [0.15, 0.2) is 36.4 Å². The van der Waals surface area contributed by atoms with Crippen LogP contribution in [0.4, 0.5) is 0 Å². The average molecular weight is 643 g/mol. The first-order chi connectivity index (χ1) is 21.6. The number of hydrogen-bond acceptors (Lipinski definition) is 8. The van der Waals surface area contributed by atoms with Crippen LogP contribution in [-0.4, -0.2) is 81.5 Å². The second-order valence-electron chi connectivity index (χ2n) is 11.6. The zero-order chi connectivity index (χ0) is 33.1. The van der Waals surface area contributed by atoms with Gasteiger partial charge in [0.2, 0.25) is 0 Å². The monoisotopic (exact) mass is 642 g/mol. The molecule has 9 heteroatoms. The molecule has 0 saturated carbocycles. The van der Waals surface area contributed by atoms with Crippen LogP contribution in [0.5, 0.6) is 23.0 Å². The lowest BCUT2D eigenvalue weighted by Gasteiger charge is -2.37. The third-order valence-electron chi connectivity index (χ3n) is 7.28. The Kier molecular flexibility index (Phi) is 17.1. The van der Waals surface area contributed by atoms with E-state index in [0.29, 0.717) is 89.1 Å². The van der Waals surface area contributed by atoms with Crippen molar-refractivity contribution in [3.05, 3.63) is 53.1 Å². The van der Waals surface area contributed by atoms with Crippen molar-refractivity contribution in [3.63, 3.8) is 0 Å². The van der Waals surface area contributed by atoms with E-state index in [2.05, 4.69) is 45.7 Å². The highest BCUT2D eigenvalue weighted by molar-refractivity contribution is 6.74. The van der Waals surface area contributed by atoms with Crippen molar-refractivity contribution in [2.45, 2.75) is 59.7 Å². The molecule has 2 rings (SSSR count). The van der Waals surface area contributed by atoms with E-state index < -0.39 is 8.32 Å². The predicted octanol–water partition coefficient (Wildman–Crippen LogP) is 7.38. The molecule has 0 aliphatic rings. The van der Waals surface area contributed by atoms with Crippen LogP contribution in [0.3, 0.4) is 0 Å². The molecule has 8 nitrogen and oxygen atoms in total. The minimum Gasteiger partial charge on any atom is -0.540 e. The minimum absolute atomic E-state index is 0.0358. The van der Waals surface area contributed by atoms with Gasteiger partial charge in [0.1, 0.15) is 13.2 Å². The maximum absolute atomic E-state index is 6.95. The van der Waals surface area contributed by atoms with Crippen molar-refractivity contribution in [1.82, 2.24) is 0 Å². The van der Waals surface area contributed by atoms with Gasteiger partial charge in [0, 0.05) is 25.4 Å². The number of methoxy groups -OCH3 is 1. The van der Waals surface area contributed by atoms with Gasteiger partial charge in [-0.1, -0.05) is 44.8 Å². The summed E-state index contributed by atoms with van der Waals surface area (Å²) in [7, 11) is -0.660. The van der Waals surface area contributed by atoms with Gasteiger partial charge >= 0.3 is 0 Å². The van der Waals surface area contributed by atoms with Crippen LogP contribution in [0.1, 0.15) is 58.2 Å². The molecule has 0 radical (unpaired) electrons. The zero-order valence-electron chi connectivity index (χ0n) is 28.9. The topological polar surface area (TPSA) is 73.8 Å². The molecule has 0 fully saturated rings. The van der Waals surface area contributed by atoms with Crippen LogP contribution < -0.4 is 18.6 Å². The molecule has 0 spiro atoms. The van der Waals surface area contributed by atoms with Gasteiger partial charge in [0.05, 0.1) is 45.7 Å². The highest BCUT2D eigenvalue weighted by Crippen LogP contribution is 2.42. The molecular weight excluding hydrogens is 588 g/mol. The molecule has 45 heavy (non-hydrogen) atoms. The van der Waals surface area contributed by atoms with Gasteiger partial charge in [-0.25, -0.2) is 0 Å². The van der Waals surface area contributed by atoms with Crippen molar-refractivity contribution in [2.75, 3.05) is 73.2 Å². The largest absolute Gasteiger partial charge is 0.540 e. The quantitative estimate of drug-likeness (QED) is 0.0842.